The fraction of sp³-hybridized carbons (Fsp3) is 0.188. The predicted molar refractivity (Wildman–Crippen MR) is 79.3 cm³/mol. The number of methoxy groups -OCH3 is 1. The van der Waals surface area contributed by atoms with Crippen molar-refractivity contribution in [3.63, 3.8) is 0 Å². The number of halogens is 1. The summed E-state index contributed by atoms with van der Waals surface area (Å²) >= 11 is 0. The van der Waals surface area contributed by atoms with Crippen molar-refractivity contribution in [3.05, 3.63) is 53.0 Å². The lowest BCUT2D eigenvalue weighted by atomic mass is 10.0. The van der Waals surface area contributed by atoms with E-state index in [-0.39, 0.29) is 17.4 Å². The van der Waals surface area contributed by atoms with E-state index in [0.717, 1.165) is 6.07 Å². The summed E-state index contributed by atoms with van der Waals surface area (Å²) in [5.41, 5.74) is 1.36. The highest BCUT2D eigenvalue weighted by molar-refractivity contribution is 5.74. The molecule has 0 fully saturated rings. The van der Waals surface area contributed by atoms with E-state index in [9.17, 15) is 9.18 Å². The molecule has 1 heterocycles. The lowest BCUT2D eigenvalue weighted by Gasteiger charge is -2.18. The van der Waals surface area contributed by atoms with Gasteiger partial charge in [-0.2, -0.15) is 5.26 Å². The van der Waals surface area contributed by atoms with Crippen LogP contribution in [0.3, 0.4) is 0 Å². The maximum atomic E-state index is 13.9. The smallest absolute Gasteiger partial charge is 0.166 e. The number of nitrogens with zero attached hydrogens (tertiary/aromatic N) is 2. The van der Waals surface area contributed by atoms with Crippen molar-refractivity contribution in [2.75, 3.05) is 12.4 Å². The number of pyridine rings is 1. The first-order chi connectivity index (χ1) is 10.6. The molecule has 1 aromatic heterocycles. The molecule has 0 unspecified atom stereocenters. The van der Waals surface area contributed by atoms with Gasteiger partial charge >= 0.3 is 0 Å². The van der Waals surface area contributed by atoms with Gasteiger partial charge in [-0.15, -0.1) is 0 Å². The molecule has 1 aromatic carbocycles. The molecule has 0 aliphatic heterocycles. The molecule has 6 heteroatoms. The standard InChI is InChI=1S/C16H14FN3O2/c1-10(13-5-11(7-18)3-4-15(13)22-2)20-16-14(17)6-12(9-21)8-19-16/h3-6,8-10H,1-2H3,(H,19,20)/t10-/m0/s1. The Labute approximate surface area is 127 Å². The maximum absolute atomic E-state index is 13.9. The maximum Gasteiger partial charge on any atom is 0.166 e. The third kappa shape index (κ3) is 3.20. The first-order valence-corrected chi connectivity index (χ1v) is 6.54. The topological polar surface area (TPSA) is 75.0 Å². The van der Waals surface area contributed by atoms with Crippen LogP contribution in [0.15, 0.2) is 30.5 Å². The molecule has 112 valence electrons. The highest BCUT2D eigenvalue weighted by atomic mass is 19.1. The van der Waals surface area contributed by atoms with E-state index >= 15 is 0 Å². The van der Waals surface area contributed by atoms with Crippen molar-refractivity contribution in [2.45, 2.75) is 13.0 Å². The van der Waals surface area contributed by atoms with E-state index < -0.39 is 5.82 Å². The Bertz CT molecular complexity index is 741. The number of hydrogen-bond acceptors (Lipinski definition) is 5. The van der Waals surface area contributed by atoms with Crippen LogP contribution in [-0.2, 0) is 0 Å². The molecule has 0 saturated heterocycles. The Morgan fingerprint density at radius 3 is 2.82 bits per heavy atom. The predicted octanol–water partition coefficient (Wildman–Crippen LogP) is 3.09. The van der Waals surface area contributed by atoms with Gasteiger partial charge in [0.15, 0.2) is 17.9 Å². The summed E-state index contributed by atoms with van der Waals surface area (Å²) in [7, 11) is 1.52. The quantitative estimate of drug-likeness (QED) is 0.859. The second kappa shape index (κ2) is 6.68. The van der Waals surface area contributed by atoms with Crippen LogP contribution >= 0.6 is 0 Å². The zero-order chi connectivity index (χ0) is 16.1. The van der Waals surface area contributed by atoms with Gasteiger partial charge in [0, 0.05) is 17.3 Å². The van der Waals surface area contributed by atoms with Crippen LogP contribution in [0.25, 0.3) is 0 Å². The van der Waals surface area contributed by atoms with Crippen LogP contribution in [0.1, 0.15) is 34.5 Å². The fourth-order valence-electron chi connectivity index (χ4n) is 2.05. The molecule has 1 N–H and O–H groups in total. The summed E-state index contributed by atoms with van der Waals surface area (Å²) in [6, 6.07) is 7.83. The summed E-state index contributed by atoms with van der Waals surface area (Å²) in [5, 5.41) is 11.9. The molecular formula is C16H14FN3O2. The average Bonchev–Trinajstić information content (AvgIpc) is 2.55. The summed E-state index contributed by atoms with van der Waals surface area (Å²) in [6.45, 7) is 1.80. The third-order valence-electron chi connectivity index (χ3n) is 3.18. The summed E-state index contributed by atoms with van der Waals surface area (Å²) in [4.78, 5) is 14.5. The number of hydrogen-bond donors (Lipinski definition) is 1. The molecule has 2 aromatic rings. The minimum atomic E-state index is -0.619. The van der Waals surface area contributed by atoms with Crippen LogP contribution < -0.4 is 10.1 Å². The lowest BCUT2D eigenvalue weighted by molar-refractivity contribution is 0.112. The number of nitrogens with one attached hydrogen (secondary N) is 1. The van der Waals surface area contributed by atoms with Crippen molar-refractivity contribution in [1.29, 1.82) is 5.26 Å². The van der Waals surface area contributed by atoms with E-state index in [1.807, 2.05) is 0 Å². The van der Waals surface area contributed by atoms with Gasteiger partial charge in [-0.1, -0.05) is 0 Å². The minimum Gasteiger partial charge on any atom is -0.496 e. The van der Waals surface area contributed by atoms with Gasteiger partial charge in [-0.3, -0.25) is 4.79 Å². The number of anilines is 1. The molecule has 0 aliphatic rings. The van der Waals surface area contributed by atoms with Crippen molar-refractivity contribution < 1.29 is 13.9 Å². The first kappa shape index (κ1) is 15.4. The lowest BCUT2D eigenvalue weighted by Crippen LogP contribution is -2.11. The van der Waals surface area contributed by atoms with Gasteiger partial charge in [-0.05, 0) is 31.2 Å². The summed E-state index contributed by atoms with van der Waals surface area (Å²) in [6.07, 6.45) is 1.82. The second-order valence-corrected chi connectivity index (χ2v) is 4.65. The summed E-state index contributed by atoms with van der Waals surface area (Å²) < 4.78 is 19.1. The number of aldehydes is 1. The zero-order valence-corrected chi connectivity index (χ0v) is 12.1. The number of nitriles is 1. The molecule has 0 amide bonds. The molecule has 5 nitrogen and oxygen atoms in total. The minimum absolute atomic E-state index is 0.0301. The molecule has 0 saturated carbocycles. The van der Waals surface area contributed by atoms with Crippen LogP contribution in [-0.4, -0.2) is 18.4 Å². The molecule has 1 atom stereocenters. The number of carbonyl (C=O) groups is 1. The second-order valence-electron chi connectivity index (χ2n) is 4.65. The third-order valence-corrected chi connectivity index (χ3v) is 3.18. The molecule has 2 rings (SSSR count). The summed E-state index contributed by atoms with van der Waals surface area (Å²) in [5.74, 6) is -0.00158. The van der Waals surface area contributed by atoms with Gasteiger partial charge in [0.1, 0.15) is 5.75 Å². The Kier molecular flexibility index (Phi) is 4.69. The Balaban J connectivity index is 2.31. The van der Waals surface area contributed by atoms with Gasteiger partial charge in [0.25, 0.3) is 0 Å². The van der Waals surface area contributed by atoms with Crippen molar-refractivity contribution >= 4 is 12.1 Å². The molecule has 0 spiro atoms. The fourth-order valence-corrected chi connectivity index (χ4v) is 2.05. The van der Waals surface area contributed by atoms with E-state index in [2.05, 4.69) is 16.4 Å². The number of benzene rings is 1. The van der Waals surface area contributed by atoms with Crippen LogP contribution in [0, 0.1) is 17.1 Å². The van der Waals surface area contributed by atoms with E-state index in [4.69, 9.17) is 10.00 Å². The number of ether oxygens (including phenoxy) is 1. The normalized spacial score (nSPS) is 11.4. The van der Waals surface area contributed by atoms with E-state index in [1.165, 1.54) is 13.3 Å². The zero-order valence-electron chi connectivity index (χ0n) is 12.1. The average molecular weight is 299 g/mol. The van der Waals surface area contributed by atoms with Gasteiger partial charge in [0.2, 0.25) is 0 Å². The van der Waals surface area contributed by atoms with E-state index in [1.54, 1.807) is 25.1 Å². The molecule has 22 heavy (non-hydrogen) atoms. The van der Waals surface area contributed by atoms with Crippen molar-refractivity contribution in [2.24, 2.45) is 0 Å². The van der Waals surface area contributed by atoms with Crippen LogP contribution in [0.4, 0.5) is 10.2 Å². The van der Waals surface area contributed by atoms with Gasteiger partial charge in [0.05, 0.1) is 24.8 Å². The molecular weight excluding hydrogens is 285 g/mol. The number of rotatable bonds is 5. The van der Waals surface area contributed by atoms with E-state index in [0.29, 0.717) is 23.2 Å². The number of aromatic nitrogens is 1. The molecule has 0 aliphatic carbocycles. The SMILES string of the molecule is COc1ccc(C#N)cc1[C@H](C)Nc1ncc(C=O)cc1F. The Hall–Kier alpha value is -2.94. The van der Waals surface area contributed by atoms with Gasteiger partial charge < -0.3 is 10.1 Å². The first-order valence-electron chi connectivity index (χ1n) is 6.54. The van der Waals surface area contributed by atoms with Crippen molar-refractivity contribution in [3.8, 4) is 11.8 Å². The molecule has 0 bridgehead atoms. The van der Waals surface area contributed by atoms with Crippen LogP contribution in [0.5, 0.6) is 5.75 Å². The monoisotopic (exact) mass is 299 g/mol. The molecule has 0 radical (unpaired) electrons. The van der Waals surface area contributed by atoms with Crippen molar-refractivity contribution in [1.82, 2.24) is 4.98 Å². The highest BCUT2D eigenvalue weighted by Gasteiger charge is 2.15. The van der Waals surface area contributed by atoms with Gasteiger partial charge in [-0.25, -0.2) is 9.37 Å². The van der Waals surface area contributed by atoms with Crippen LogP contribution in [0.2, 0.25) is 0 Å². The Morgan fingerprint density at radius 1 is 1.45 bits per heavy atom. The Morgan fingerprint density at radius 2 is 2.23 bits per heavy atom. The largest absolute Gasteiger partial charge is 0.496 e. The number of carbonyl (C=O) groups excluding carboxylic acids is 1. The highest BCUT2D eigenvalue weighted by Crippen LogP contribution is 2.29.